The van der Waals surface area contributed by atoms with E-state index in [1.165, 1.54) is 0 Å². The van der Waals surface area contributed by atoms with Gasteiger partial charge < -0.3 is 5.32 Å². The van der Waals surface area contributed by atoms with Gasteiger partial charge in [0.1, 0.15) is 0 Å². The Kier molecular flexibility index (Phi) is 8.57. The van der Waals surface area contributed by atoms with Crippen LogP contribution in [-0.4, -0.2) is 13.1 Å². The molecule has 0 aliphatic carbocycles. The van der Waals surface area contributed by atoms with Crippen molar-refractivity contribution in [1.29, 1.82) is 0 Å². The minimum absolute atomic E-state index is 0.972. The quantitative estimate of drug-likeness (QED) is 0.361. The zero-order valence-corrected chi connectivity index (χ0v) is 7.43. The van der Waals surface area contributed by atoms with Gasteiger partial charge in [-0.3, -0.25) is 0 Å². The second-order valence-corrected chi connectivity index (χ2v) is 2.22. The highest BCUT2D eigenvalue weighted by Crippen LogP contribution is 1.77. The smallest absolute Gasteiger partial charge is 0.0134 e. The second-order valence-electron chi connectivity index (χ2n) is 2.22. The van der Waals surface area contributed by atoms with E-state index in [9.17, 15) is 0 Å². The number of allylic oxidation sites excluding steroid dienone is 1. The molecule has 0 heterocycles. The van der Waals surface area contributed by atoms with E-state index in [-0.39, 0.29) is 0 Å². The second kappa shape index (κ2) is 9.22. The molecule has 11 heavy (non-hydrogen) atoms. The third kappa shape index (κ3) is 9.22. The molecular formula is C10H17N. The van der Waals surface area contributed by atoms with E-state index in [4.69, 9.17) is 0 Å². The van der Waals surface area contributed by atoms with Crippen molar-refractivity contribution in [3.05, 3.63) is 30.0 Å². The molecule has 0 atom stereocenters. The van der Waals surface area contributed by atoms with Crippen LogP contribution in [0.5, 0.6) is 0 Å². The molecule has 0 amide bonds. The average molecular weight is 151 g/mol. The van der Waals surface area contributed by atoms with E-state index < -0.39 is 0 Å². The molecule has 0 aromatic rings. The fourth-order valence-corrected chi connectivity index (χ4v) is 0.679. The first-order chi connectivity index (χ1) is 5.41. The summed E-state index contributed by atoms with van der Waals surface area (Å²) in [7, 11) is 0. The summed E-state index contributed by atoms with van der Waals surface area (Å²) in [5.41, 5.74) is 3.03. The summed E-state index contributed by atoms with van der Waals surface area (Å²) < 4.78 is 0. The fraction of sp³-hybridized carbons (Fsp3) is 0.500. The maximum Gasteiger partial charge on any atom is 0.0134 e. The summed E-state index contributed by atoms with van der Waals surface area (Å²) in [6.07, 6.45) is 9.19. The Morgan fingerprint density at radius 1 is 1.36 bits per heavy atom. The number of nitrogens with one attached hydrogen (secondary N) is 1. The lowest BCUT2D eigenvalue weighted by atomic mass is 10.4. The van der Waals surface area contributed by atoms with E-state index in [2.05, 4.69) is 23.2 Å². The number of hydrogen-bond donors (Lipinski definition) is 1. The zero-order chi connectivity index (χ0) is 8.36. The fourth-order valence-electron chi connectivity index (χ4n) is 0.679. The Hall–Kier alpha value is -0.780. The lowest BCUT2D eigenvalue weighted by Gasteiger charge is -1.94. The van der Waals surface area contributed by atoms with Gasteiger partial charge >= 0.3 is 0 Å². The summed E-state index contributed by atoms with van der Waals surface area (Å²) in [6, 6.07) is 0. The highest BCUT2D eigenvalue weighted by molar-refractivity contribution is 4.83. The lowest BCUT2D eigenvalue weighted by Crippen LogP contribution is -2.13. The Labute approximate surface area is 69.5 Å². The lowest BCUT2D eigenvalue weighted by molar-refractivity contribution is 0.756. The van der Waals surface area contributed by atoms with E-state index in [1.807, 2.05) is 26.0 Å². The van der Waals surface area contributed by atoms with Gasteiger partial charge in [0.15, 0.2) is 0 Å². The molecule has 0 aromatic heterocycles. The Balaban J connectivity index is 3.08. The van der Waals surface area contributed by atoms with Gasteiger partial charge in [-0.15, -0.1) is 5.73 Å². The highest BCUT2D eigenvalue weighted by atomic mass is 14.8. The average Bonchev–Trinajstić information content (AvgIpc) is 2.03. The largest absolute Gasteiger partial charge is 0.313 e. The van der Waals surface area contributed by atoms with Crippen molar-refractivity contribution in [2.75, 3.05) is 13.1 Å². The van der Waals surface area contributed by atoms with Crippen molar-refractivity contribution in [2.45, 2.75) is 20.3 Å². The monoisotopic (exact) mass is 151 g/mol. The van der Waals surface area contributed by atoms with Gasteiger partial charge in [0.2, 0.25) is 0 Å². The van der Waals surface area contributed by atoms with Crippen LogP contribution in [0.1, 0.15) is 20.3 Å². The standard InChI is InChI=1S/C10H17N/c1-3-5-7-8-10-11-9-6-4-2/h3-4,6-7,11H,8-10H2,1-2H3/b6-4+. The van der Waals surface area contributed by atoms with Crippen molar-refractivity contribution in [2.24, 2.45) is 0 Å². The van der Waals surface area contributed by atoms with Crippen LogP contribution in [0.25, 0.3) is 0 Å². The minimum Gasteiger partial charge on any atom is -0.313 e. The Morgan fingerprint density at radius 3 is 2.82 bits per heavy atom. The van der Waals surface area contributed by atoms with Gasteiger partial charge in [-0.2, -0.15) is 0 Å². The van der Waals surface area contributed by atoms with E-state index in [1.54, 1.807) is 0 Å². The Bertz CT molecular complexity index is 150. The van der Waals surface area contributed by atoms with Crippen molar-refractivity contribution in [3.63, 3.8) is 0 Å². The Morgan fingerprint density at radius 2 is 2.18 bits per heavy atom. The maximum atomic E-state index is 3.27. The van der Waals surface area contributed by atoms with Crippen molar-refractivity contribution >= 4 is 0 Å². The van der Waals surface area contributed by atoms with Crippen LogP contribution in [0.4, 0.5) is 0 Å². The van der Waals surface area contributed by atoms with Gasteiger partial charge in [0.05, 0.1) is 0 Å². The molecule has 0 unspecified atom stereocenters. The third-order valence-electron chi connectivity index (χ3n) is 1.25. The van der Waals surface area contributed by atoms with Crippen LogP contribution >= 0.6 is 0 Å². The van der Waals surface area contributed by atoms with E-state index in [0.29, 0.717) is 0 Å². The molecule has 0 aliphatic rings. The molecule has 0 saturated carbocycles. The molecule has 62 valence electrons. The predicted molar refractivity (Wildman–Crippen MR) is 50.6 cm³/mol. The summed E-state index contributed by atoms with van der Waals surface area (Å²) in [4.78, 5) is 0. The molecule has 1 N–H and O–H groups in total. The van der Waals surface area contributed by atoms with Gasteiger partial charge in [0.25, 0.3) is 0 Å². The molecule has 0 spiro atoms. The number of hydrogen-bond acceptors (Lipinski definition) is 1. The topological polar surface area (TPSA) is 12.0 Å². The normalized spacial score (nSPS) is 9.64. The van der Waals surface area contributed by atoms with Crippen LogP contribution < -0.4 is 5.32 Å². The first kappa shape index (κ1) is 10.2. The highest BCUT2D eigenvalue weighted by Gasteiger charge is 1.78. The molecular weight excluding hydrogens is 134 g/mol. The predicted octanol–water partition coefficient (Wildman–Crippen LogP) is 2.27. The maximum absolute atomic E-state index is 3.27. The molecule has 0 radical (unpaired) electrons. The van der Waals surface area contributed by atoms with E-state index in [0.717, 1.165) is 19.5 Å². The summed E-state index contributed by atoms with van der Waals surface area (Å²) >= 11 is 0. The molecule has 0 fully saturated rings. The molecule has 1 heteroatoms. The van der Waals surface area contributed by atoms with Crippen molar-refractivity contribution in [1.82, 2.24) is 5.32 Å². The zero-order valence-electron chi connectivity index (χ0n) is 7.43. The molecule has 0 bridgehead atoms. The van der Waals surface area contributed by atoms with E-state index >= 15 is 0 Å². The first-order valence-electron chi connectivity index (χ1n) is 4.09. The van der Waals surface area contributed by atoms with Crippen molar-refractivity contribution in [3.8, 4) is 0 Å². The molecule has 0 saturated heterocycles. The van der Waals surface area contributed by atoms with Crippen LogP contribution in [0, 0.1) is 0 Å². The van der Waals surface area contributed by atoms with Crippen LogP contribution in [0.15, 0.2) is 30.0 Å². The van der Waals surface area contributed by atoms with Gasteiger partial charge in [-0.1, -0.05) is 12.2 Å². The third-order valence-corrected chi connectivity index (χ3v) is 1.25. The van der Waals surface area contributed by atoms with Crippen LogP contribution in [0.2, 0.25) is 0 Å². The van der Waals surface area contributed by atoms with Crippen molar-refractivity contribution < 1.29 is 0 Å². The SMILES string of the molecule is CC=C=CCCNC/C=C/C. The molecule has 0 rings (SSSR count). The van der Waals surface area contributed by atoms with Crippen LogP contribution in [-0.2, 0) is 0 Å². The van der Waals surface area contributed by atoms with Gasteiger partial charge in [0, 0.05) is 6.54 Å². The molecule has 1 nitrogen and oxygen atoms in total. The first-order valence-corrected chi connectivity index (χ1v) is 4.09. The summed E-state index contributed by atoms with van der Waals surface area (Å²) in [5, 5.41) is 3.27. The molecule has 0 aromatic carbocycles. The summed E-state index contributed by atoms with van der Waals surface area (Å²) in [6.45, 7) is 6.01. The molecule has 0 aliphatic heterocycles. The summed E-state index contributed by atoms with van der Waals surface area (Å²) in [5.74, 6) is 0. The minimum atomic E-state index is 0.972. The number of rotatable bonds is 5. The van der Waals surface area contributed by atoms with Gasteiger partial charge in [-0.25, -0.2) is 0 Å². The van der Waals surface area contributed by atoms with Crippen LogP contribution in [0.3, 0.4) is 0 Å². The van der Waals surface area contributed by atoms with Gasteiger partial charge in [-0.05, 0) is 39.0 Å².